The molecule has 0 aliphatic carbocycles. The van der Waals surface area contributed by atoms with E-state index in [-0.39, 0.29) is 11.9 Å². The van der Waals surface area contributed by atoms with E-state index in [1.54, 1.807) is 24.3 Å². The third-order valence-corrected chi connectivity index (χ3v) is 10.9. The fourth-order valence-corrected chi connectivity index (χ4v) is 7.28. The van der Waals surface area contributed by atoms with Gasteiger partial charge in [0.1, 0.15) is 13.2 Å². The van der Waals surface area contributed by atoms with Crippen molar-refractivity contribution in [2.45, 2.75) is 207 Å². The maximum Gasteiger partial charge on any atom is 0.338 e. The molecule has 0 aliphatic heterocycles. The summed E-state index contributed by atoms with van der Waals surface area (Å²) in [7, 11) is 0. The normalized spacial score (nSPS) is 11.5. The minimum absolute atomic E-state index is 0.326. The van der Waals surface area contributed by atoms with E-state index in [0.29, 0.717) is 24.3 Å². The van der Waals surface area contributed by atoms with E-state index in [4.69, 9.17) is 9.47 Å². The van der Waals surface area contributed by atoms with Crippen molar-refractivity contribution >= 4 is 11.9 Å². The van der Waals surface area contributed by atoms with Crippen molar-refractivity contribution in [1.29, 1.82) is 0 Å². The number of ether oxygens (including phenoxy) is 2. The Balaban J connectivity index is 2.50. The van der Waals surface area contributed by atoms with E-state index in [2.05, 4.69) is 37.5 Å². The molecular weight excluding hydrogens is 669 g/mol. The van der Waals surface area contributed by atoms with E-state index in [1.807, 2.05) is 0 Å². The highest BCUT2D eigenvalue weighted by Gasteiger charge is 2.14. The molecule has 0 saturated heterocycles. The van der Waals surface area contributed by atoms with Gasteiger partial charge in [-0.2, -0.15) is 0 Å². The van der Waals surface area contributed by atoms with E-state index < -0.39 is 0 Å². The van der Waals surface area contributed by atoms with Crippen LogP contribution in [0.3, 0.4) is 0 Å². The molecule has 0 aromatic heterocycles. The van der Waals surface area contributed by atoms with Crippen LogP contribution in [-0.4, -0.2) is 74.2 Å². The van der Waals surface area contributed by atoms with Gasteiger partial charge in [0.25, 0.3) is 0 Å². The lowest BCUT2D eigenvalue weighted by molar-refractivity contribution is 0.0446. The number of rotatable bonds is 40. The monoisotopic (exact) mass is 757 g/mol. The Morgan fingerprint density at radius 3 is 0.815 bits per heavy atom. The van der Waals surface area contributed by atoms with Crippen molar-refractivity contribution in [3.8, 4) is 0 Å². The second kappa shape index (κ2) is 38.0. The summed E-state index contributed by atoms with van der Waals surface area (Å²) in [6.07, 6.45) is 36.6. The summed E-state index contributed by atoms with van der Waals surface area (Å²) in [5.41, 5.74) is 0.959. The zero-order chi connectivity index (χ0) is 39.2. The molecule has 6 nitrogen and oxygen atoms in total. The van der Waals surface area contributed by atoms with E-state index in [0.717, 1.165) is 39.3 Å². The van der Waals surface area contributed by atoms with Crippen molar-refractivity contribution in [3.63, 3.8) is 0 Å². The summed E-state index contributed by atoms with van der Waals surface area (Å²) in [4.78, 5) is 30.8. The Kier molecular flexibility index (Phi) is 35.2. The second-order valence-corrected chi connectivity index (χ2v) is 16.0. The van der Waals surface area contributed by atoms with Crippen LogP contribution in [0, 0.1) is 0 Å². The molecule has 0 spiro atoms. The Morgan fingerprint density at radius 2 is 0.574 bits per heavy atom. The minimum atomic E-state index is -0.326. The molecule has 314 valence electrons. The molecule has 0 radical (unpaired) electrons. The molecule has 0 fully saturated rings. The molecule has 0 unspecified atom stereocenters. The molecule has 6 heteroatoms. The predicted octanol–water partition coefficient (Wildman–Crippen LogP) is 13.6. The molecule has 0 atom stereocenters. The zero-order valence-electron chi connectivity index (χ0n) is 36.3. The first kappa shape index (κ1) is 50.1. The summed E-state index contributed by atoms with van der Waals surface area (Å²) in [5, 5.41) is 0. The van der Waals surface area contributed by atoms with Crippen LogP contribution in [0.1, 0.15) is 228 Å². The van der Waals surface area contributed by atoms with Gasteiger partial charge in [0.2, 0.25) is 0 Å². The standard InChI is InChI=1S/C48H88N2O4/c1-5-9-13-17-21-25-29-37-49(38-30-26-22-18-14-10-6-2)41-43-53-47(51)45-33-35-46(36-34-45)48(52)54-44-42-50(39-31-27-23-19-15-11-7-3)40-32-28-24-20-16-12-8-4/h33-36H,5-32,37-44H2,1-4H3. The molecule has 0 amide bonds. The highest BCUT2D eigenvalue weighted by Crippen LogP contribution is 2.13. The first-order chi connectivity index (χ1) is 26.5. The number of hydrogen-bond donors (Lipinski definition) is 0. The number of unbranched alkanes of at least 4 members (excludes halogenated alkanes) is 24. The van der Waals surface area contributed by atoms with Crippen molar-refractivity contribution in [1.82, 2.24) is 9.80 Å². The zero-order valence-corrected chi connectivity index (χ0v) is 36.3. The van der Waals surface area contributed by atoms with Gasteiger partial charge in [-0.15, -0.1) is 0 Å². The molecule has 0 aliphatic rings. The van der Waals surface area contributed by atoms with Crippen LogP contribution in [0.25, 0.3) is 0 Å². The average molecular weight is 757 g/mol. The molecular formula is C48H88N2O4. The van der Waals surface area contributed by atoms with Gasteiger partial charge in [-0.1, -0.05) is 182 Å². The first-order valence-electron chi connectivity index (χ1n) is 23.4. The average Bonchev–Trinajstić information content (AvgIpc) is 3.18. The van der Waals surface area contributed by atoms with Crippen molar-refractivity contribution in [2.75, 3.05) is 52.5 Å². The van der Waals surface area contributed by atoms with Gasteiger partial charge in [-0.25, -0.2) is 9.59 Å². The third kappa shape index (κ3) is 29.4. The van der Waals surface area contributed by atoms with E-state index in [1.165, 1.54) is 180 Å². The Bertz CT molecular complexity index is 855. The number of esters is 2. The van der Waals surface area contributed by atoms with Crippen LogP contribution in [0.15, 0.2) is 24.3 Å². The number of carbonyl (C=O) groups is 2. The Labute approximate surface area is 335 Å². The minimum Gasteiger partial charge on any atom is -0.461 e. The van der Waals surface area contributed by atoms with Gasteiger partial charge in [-0.05, 0) is 76.1 Å². The number of carbonyl (C=O) groups excluding carboxylic acids is 2. The van der Waals surface area contributed by atoms with Gasteiger partial charge >= 0.3 is 11.9 Å². The van der Waals surface area contributed by atoms with Gasteiger partial charge in [0, 0.05) is 13.1 Å². The molecule has 54 heavy (non-hydrogen) atoms. The molecule has 0 saturated carbocycles. The maximum atomic E-state index is 12.9. The van der Waals surface area contributed by atoms with Crippen LogP contribution in [-0.2, 0) is 9.47 Å². The van der Waals surface area contributed by atoms with E-state index in [9.17, 15) is 9.59 Å². The fraction of sp³-hybridized carbons (Fsp3) is 0.833. The summed E-state index contributed by atoms with van der Waals surface area (Å²) in [6.45, 7) is 15.7. The number of nitrogens with zero attached hydrogens (tertiary/aromatic N) is 2. The molecule has 1 aromatic carbocycles. The largest absolute Gasteiger partial charge is 0.461 e. The molecule has 1 rings (SSSR count). The van der Waals surface area contributed by atoms with Crippen LogP contribution in [0.4, 0.5) is 0 Å². The van der Waals surface area contributed by atoms with Gasteiger partial charge in [-0.3, -0.25) is 9.80 Å². The summed E-state index contributed by atoms with van der Waals surface area (Å²) in [6, 6.07) is 6.78. The lowest BCUT2D eigenvalue weighted by Crippen LogP contribution is -2.30. The van der Waals surface area contributed by atoms with Crippen molar-refractivity contribution in [2.24, 2.45) is 0 Å². The topological polar surface area (TPSA) is 59.1 Å². The number of benzene rings is 1. The van der Waals surface area contributed by atoms with Gasteiger partial charge in [0.15, 0.2) is 0 Å². The fourth-order valence-electron chi connectivity index (χ4n) is 7.28. The molecule has 0 N–H and O–H groups in total. The maximum absolute atomic E-state index is 12.9. The highest BCUT2D eigenvalue weighted by atomic mass is 16.5. The lowest BCUT2D eigenvalue weighted by atomic mass is 10.1. The molecule has 0 heterocycles. The van der Waals surface area contributed by atoms with Crippen LogP contribution in [0.5, 0.6) is 0 Å². The Hall–Kier alpha value is -1.92. The van der Waals surface area contributed by atoms with Crippen LogP contribution in [0.2, 0.25) is 0 Å². The Morgan fingerprint density at radius 1 is 0.352 bits per heavy atom. The first-order valence-corrected chi connectivity index (χ1v) is 23.4. The van der Waals surface area contributed by atoms with Crippen LogP contribution < -0.4 is 0 Å². The molecule has 1 aromatic rings. The van der Waals surface area contributed by atoms with Crippen molar-refractivity contribution in [3.05, 3.63) is 35.4 Å². The second-order valence-electron chi connectivity index (χ2n) is 16.0. The third-order valence-electron chi connectivity index (χ3n) is 10.9. The highest BCUT2D eigenvalue weighted by molar-refractivity contribution is 5.93. The summed E-state index contributed by atoms with van der Waals surface area (Å²) >= 11 is 0. The SMILES string of the molecule is CCCCCCCCCN(CCCCCCCCC)CCOC(=O)c1ccc(C(=O)OCCN(CCCCCCCCC)CCCCCCCCC)cc1. The molecule has 0 bridgehead atoms. The smallest absolute Gasteiger partial charge is 0.338 e. The quantitative estimate of drug-likeness (QED) is 0.0491. The lowest BCUT2D eigenvalue weighted by Gasteiger charge is -2.22. The van der Waals surface area contributed by atoms with Crippen molar-refractivity contribution < 1.29 is 19.1 Å². The van der Waals surface area contributed by atoms with Gasteiger partial charge < -0.3 is 9.47 Å². The predicted molar refractivity (Wildman–Crippen MR) is 232 cm³/mol. The summed E-state index contributed by atoms with van der Waals surface area (Å²) < 4.78 is 11.4. The summed E-state index contributed by atoms with van der Waals surface area (Å²) in [5.74, 6) is -0.652. The van der Waals surface area contributed by atoms with Gasteiger partial charge in [0.05, 0.1) is 11.1 Å². The number of hydrogen-bond acceptors (Lipinski definition) is 6. The van der Waals surface area contributed by atoms with Crippen LogP contribution >= 0.6 is 0 Å². The van der Waals surface area contributed by atoms with E-state index >= 15 is 0 Å².